The van der Waals surface area contributed by atoms with E-state index in [2.05, 4.69) is 34.2 Å². The van der Waals surface area contributed by atoms with E-state index in [-0.39, 0.29) is 18.4 Å². The molecule has 1 N–H and O–H groups in total. The van der Waals surface area contributed by atoms with Gasteiger partial charge in [-0.2, -0.15) is 0 Å². The Morgan fingerprint density at radius 3 is 2.00 bits per heavy atom. The standard InChI is InChI=1S/C29H30N4O2/c1-2-31-17-19-32(20-18-31)25-15-13-24(14-16-25)30-27-26(23-11-7-4-8-12-23)28(34)33(29(27)35)21-22-9-5-3-6-10-22/h3-16,30H,2,17-21H2,1H3. The monoisotopic (exact) mass is 466 g/mol. The number of likely N-dealkylation sites (N-methyl/N-ethyl adjacent to an activating group) is 1. The van der Waals surface area contributed by atoms with Gasteiger partial charge in [-0.1, -0.05) is 67.6 Å². The van der Waals surface area contributed by atoms with Crippen LogP contribution in [-0.2, 0) is 16.1 Å². The third kappa shape index (κ3) is 4.84. The maximum atomic E-state index is 13.5. The second-order valence-electron chi connectivity index (χ2n) is 8.89. The van der Waals surface area contributed by atoms with Crippen molar-refractivity contribution in [2.24, 2.45) is 0 Å². The summed E-state index contributed by atoms with van der Waals surface area (Å²) < 4.78 is 0. The van der Waals surface area contributed by atoms with Crippen LogP contribution in [0, 0.1) is 0 Å². The highest BCUT2D eigenvalue weighted by molar-refractivity contribution is 6.36. The normalized spacial score (nSPS) is 16.8. The van der Waals surface area contributed by atoms with E-state index in [9.17, 15) is 9.59 Å². The Morgan fingerprint density at radius 1 is 0.743 bits per heavy atom. The van der Waals surface area contributed by atoms with Gasteiger partial charge < -0.3 is 15.1 Å². The number of amides is 2. The average Bonchev–Trinajstić information content (AvgIpc) is 3.14. The second kappa shape index (κ2) is 10.2. The highest BCUT2D eigenvalue weighted by atomic mass is 16.2. The highest BCUT2D eigenvalue weighted by Crippen LogP contribution is 2.32. The van der Waals surface area contributed by atoms with Crippen molar-refractivity contribution in [1.82, 2.24) is 9.80 Å². The summed E-state index contributed by atoms with van der Waals surface area (Å²) in [4.78, 5) is 33.0. The fourth-order valence-electron chi connectivity index (χ4n) is 4.70. The van der Waals surface area contributed by atoms with Crippen LogP contribution in [0.5, 0.6) is 0 Å². The first-order valence-corrected chi connectivity index (χ1v) is 12.2. The van der Waals surface area contributed by atoms with Crippen LogP contribution in [0.2, 0.25) is 0 Å². The van der Waals surface area contributed by atoms with E-state index < -0.39 is 0 Å². The van der Waals surface area contributed by atoms with Crippen molar-refractivity contribution >= 4 is 28.8 Å². The molecule has 0 aliphatic carbocycles. The molecule has 2 aliphatic heterocycles. The van der Waals surface area contributed by atoms with Gasteiger partial charge in [0.2, 0.25) is 0 Å². The predicted octanol–water partition coefficient (Wildman–Crippen LogP) is 4.22. The van der Waals surface area contributed by atoms with Crippen molar-refractivity contribution in [2.75, 3.05) is 42.9 Å². The summed E-state index contributed by atoms with van der Waals surface area (Å²) in [7, 11) is 0. The maximum absolute atomic E-state index is 13.5. The molecule has 1 saturated heterocycles. The zero-order chi connectivity index (χ0) is 24.2. The number of imide groups is 1. The van der Waals surface area contributed by atoms with Gasteiger partial charge in [-0.25, -0.2) is 0 Å². The average molecular weight is 467 g/mol. The molecule has 3 aromatic rings. The summed E-state index contributed by atoms with van der Waals surface area (Å²) >= 11 is 0. The Balaban J connectivity index is 1.39. The Bertz CT molecular complexity index is 1210. The van der Waals surface area contributed by atoms with Crippen LogP contribution in [0.4, 0.5) is 11.4 Å². The van der Waals surface area contributed by atoms with Crippen molar-refractivity contribution in [3.8, 4) is 0 Å². The van der Waals surface area contributed by atoms with E-state index >= 15 is 0 Å². The van der Waals surface area contributed by atoms with Crippen LogP contribution in [0.25, 0.3) is 5.57 Å². The fourth-order valence-corrected chi connectivity index (χ4v) is 4.70. The minimum absolute atomic E-state index is 0.239. The first kappa shape index (κ1) is 22.9. The molecular formula is C29H30N4O2. The number of carbonyl (C=O) groups is 2. The molecule has 6 nitrogen and oxygen atoms in total. The molecule has 0 unspecified atom stereocenters. The first-order valence-electron chi connectivity index (χ1n) is 12.2. The summed E-state index contributed by atoms with van der Waals surface area (Å²) in [5.74, 6) is -0.588. The van der Waals surface area contributed by atoms with Crippen molar-refractivity contribution in [3.63, 3.8) is 0 Å². The molecule has 6 heteroatoms. The predicted molar refractivity (Wildman–Crippen MR) is 140 cm³/mol. The molecule has 2 amide bonds. The van der Waals surface area contributed by atoms with Gasteiger partial charge in [0.05, 0.1) is 12.1 Å². The minimum Gasteiger partial charge on any atom is -0.369 e. The maximum Gasteiger partial charge on any atom is 0.278 e. The SMILES string of the molecule is CCN1CCN(c2ccc(NC3=C(c4ccccc4)C(=O)N(Cc4ccccc4)C3=O)cc2)CC1. The third-order valence-corrected chi connectivity index (χ3v) is 6.74. The number of anilines is 2. The number of hydrogen-bond acceptors (Lipinski definition) is 5. The Morgan fingerprint density at radius 2 is 1.37 bits per heavy atom. The number of carbonyl (C=O) groups excluding carboxylic acids is 2. The molecule has 3 aromatic carbocycles. The van der Waals surface area contributed by atoms with Crippen molar-refractivity contribution in [2.45, 2.75) is 13.5 Å². The van der Waals surface area contributed by atoms with E-state index in [0.29, 0.717) is 11.3 Å². The van der Waals surface area contributed by atoms with E-state index in [1.165, 1.54) is 10.6 Å². The quantitative estimate of drug-likeness (QED) is 0.529. The molecule has 2 heterocycles. The molecule has 0 bridgehead atoms. The minimum atomic E-state index is -0.308. The largest absolute Gasteiger partial charge is 0.369 e. The molecule has 0 atom stereocenters. The molecule has 5 rings (SSSR count). The van der Waals surface area contributed by atoms with Gasteiger partial charge in [-0.15, -0.1) is 0 Å². The van der Waals surface area contributed by atoms with E-state index in [1.54, 1.807) is 0 Å². The van der Waals surface area contributed by atoms with E-state index in [1.807, 2.05) is 72.8 Å². The van der Waals surface area contributed by atoms with Crippen LogP contribution in [-0.4, -0.2) is 54.3 Å². The molecular weight excluding hydrogens is 436 g/mol. The Hall–Kier alpha value is -3.90. The molecule has 0 spiro atoms. The molecule has 178 valence electrons. The first-order chi connectivity index (χ1) is 17.1. The van der Waals surface area contributed by atoms with Gasteiger partial charge in [0.15, 0.2) is 0 Å². The van der Waals surface area contributed by atoms with Crippen molar-refractivity contribution < 1.29 is 9.59 Å². The Labute approximate surface area is 206 Å². The van der Waals surface area contributed by atoms with Crippen molar-refractivity contribution in [3.05, 3.63) is 102 Å². The summed E-state index contributed by atoms with van der Waals surface area (Å²) in [6.07, 6.45) is 0. The molecule has 35 heavy (non-hydrogen) atoms. The highest BCUT2D eigenvalue weighted by Gasteiger charge is 2.39. The van der Waals surface area contributed by atoms with Crippen LogP contribution >= 0.6 is 0 Å². The summed E-state index contributed by atoms with van der Waals surface area (Å²) in [5, 5.41) is 3.27. The summed E-state index contributed by atoms with van der Waals surface area (Å²) in [5.41, 5.74) is 4.33. The molecule has 2 aliphatic rings. The van der Waals surface area contributed by atoms with Gasteiger partial charge in [0.25, 0.3) is 11.8 Å². The third-order valence-electron chi connectivity index (χ3n) is 6.74. The Kier molecular flexibility index (Phi) is 6.64. The lowest BCUT2D eigenvalue weighted by Crippen LogP contribution is -2.46. The van der Waals surface area contributed by atoms with Crippen molar-refractivity contribution in [1.29, 1.82) is 0 Å². The molecule has 1 fully saturated rings. The number of rotatable bonds is 7. The summed E-state index contributed by atoms with van der Waals surface area (Å²) in [6.45, 7) is 7.67. The number of hydrogen-bond donors (Lipinski definition) is 1. The summed E-state index contributed by atoms with van der Waals surface area (Å²) in [6, 6.07) is 27.1. The molecule has 0 saturated carbocycles. The van der Waals surface area contributed by atoms with E-state index in [4.69, 9.17) is 0 Å². The lowest BCUT2D eigenvalue weighted by molar-refractivity contribution is -0.137. The van der Waals surface area contributed by atoms with Crippen LogP contribution in [0.15, 0.2) is 90.6 Å². The van der Waals surface area contributed by atoms with Gasteiger partial charge >= 0.3 is 0 Å². The van der Waals surface area contributed by atoms with Crippen LogP contribution in [0.1, 0.15) is 18.1 Å². The number of benzene rings is 3. The zero-order valence-electron chi connectivity index (χ0n) is 20.0. The smallest absolute Gasteiger partial charge is 0.278 e. The molecule has 0 aromatic heterocycles. The number of nitrogens with zero attached hydrogens (tertiary/aromatic N) is 3. The zero-order valence-corrected chi connectivity index (χ0v) is 20.0. The lowest BCUT2D eigenvalue weighted by Gasteiger charge is -2.35. The van der Waals surface area contributed by atoms with Crippen LogP contribution in [0.3, 0.4) is 0 Å². The van der Waals surface area contributed by atoms with Gasteiger partial charge in [-0.05, 0) is 41.9 Å². The topological polar surface area (TPSA) is 55.9 Å². The second-order valence-corrected chi connectivity index (χ2v) is 8.89. The van der Waals surface area contributed by atoms with Gasteiger partial charge in [0.1, 0.15) is 5.70 Å². The molecule has 0 radical (unpaired) electrons. The van der Waals surface area contributed by atoms with Gasteiger partial charge in [0, 0.05) is 37.6 Å². The van der Waals surface area contributed by atoms with Gasteiger partial charge in [-0.3, -0.25) is 14.5 Å². The fraction of sp³-hybridized carbons (Fsp3) is 0.241. The van der Waals surface area contributed by atoms with Crippen LogP contribution < -0.4 is 10.2 Å². The number of piperazine rings is 1. The number of nitrogens with one attached hydrogen (secondary N) is 1. The lowest BCUT2D eigenvalue weighted by atomic mass is 10.0. The van der Waals surface area contributed by atoms with E-state index in [0.717, 1.165) is 49.5 Å².